The Bertz CT molecular complexity index is 654. The number of carbonyl (C=O) groups excluding carboxylic acids is 2. The van der Waals surface area contributed by atoms with Crippen LogP contribution in [0.4, 0.5) is 0 Å². The summed E-state index contributed by atoms with van der Waals surface area (Å²) in [5.74, 6) is 0.0668. The van der Waals surface area contributed by atoms with Crippen molar-refractivity contribution in [3.05, 3.63) is 35.4 Å². The molecule has 2 heterocycles. The number of amides is 2. The Morgan fingerprint density at radius 1 is 0.960 bits per heavy atom. The first kappa shape index (κ1) is 17.4. The molecule has 0 atom stereocenters. The van der Waals surface area contributed by atoms with Crippen molar-refractivity contribution in [2.75, 3.05) is 59.0 Å². The van der Waals surface area contributed by atoms with Crippen molar-refractivity contribution in [2.45, 2.75) is 0 Å². The molecule has 0 saturated carbocycles. The molecule has 0 bridgehead atoms. The standard InChI is InChI=1S/C18H22N4O3/c19-13-15-1-3-16(4-2-15)18(24)22-7-5-21(6-8-22)17(23)14-20-9-11-25-12-10-20/h1-4H,5-12,14H2. The minimum Gasteiger partial charge on any atom is -0.379 e. The third-order valence-corrected chi connectivity index (χ3v) is 4.64. The van der Waals surface area contributed by atoms with Crippen LogP contribution in [0.1, 0.15) is 15.9 Å². The van der Waals surface area contributed by atoms with E-state index in [1.807, 2.05) is 11.0 Å². The van der Waals surface area contributed by atoms with E-state index in [2.05, 4.69) is 4.90 Å². The van der Waals surface area contributed by atoms with Gasteiger partial charge in [-0.2, -0.15) is 5.26 Å². The van der Waals surface area contributed by atoms with Gasteiger partial charge in [-0.3, -0.25) is 14.5 Å². The molecule has 2 saturated heterocycles. The van der Waals surface area contributed by atoms with E-state index >= 15 is 0 Å². The predicted octanol–water partition coefficient (Wildman–Crippen LogP) is 0.175. The second kappa shape index (κ2) is 8.10. The lowest BCUT2D eigenvalue weighted by atomic mass is 10.1. The van der Waals surface area contributed by atoms with Crippen LogP contribution < -0.4 is 0 Å². The fourth-order valence-electron chi connectivity index (χ4n) is 3.08. The molecule has 1 aromatic carbocycles. The predicted molar refractivity (Wildman–Crippen MR) is 90.9 cm³/mol. The first-order valence-corrected chi connectivity index (χ1v) is 8.54. The number of carbonyl (C=O) groups is 2. The van der Waals surface area contributed by atoms with Crippen LogP contribution in [-0.2, 0) is 9.53 Å². The summed E-state index contributed by atoms with van der Waals surface area (Å²) < 4.78 is 5.30. The highest BCUT2D eigenvalue weighted by Gasteiger charge is 2.26. The molecule has 2 aliphatic rings. The van der Waals surface area contributed by atoms with Gasteiger partial charge in [0.15, 0.2) is 0 Å². The van der Waals surface area contributed by atoms with E-state index in [0.29, 0.717) is 57.1 Å². The highest BCUT2D eigenvalue weighted by atomic mass is 16.5. The zero-order valence-electron chi connectivity index (χ0n) is 14.2. The van der Waals surface area contributed by atoms with E-state index in [1.54, 1.807) is 29.2 Å². The molecule has 0 aliphatic carbocycles. The van der Waals surface area contributed by atoms with Crippen molar-refractivity contribution < 1.29 is 14.3 Å². The Morgan fingerprint density at radius 2 is 1.56 bits per heavy atom. The summed E-state index contributed by atoms with van der Waals surface area (Å²) in [6, 6.07) is 8.69. The van der Waals surface area contributed by atoms with Crippen LogP contribution in [-0.4, -0.2) is 85.5 Å². The number of nitrogens with zero attached hydrogens (tertiary/aromatic N) is 4. The van der Waals surface area contributed by atoms with Gasteiger partial charge in [0.05, 0.1) is 31.4 Å². The molecular formula is C18H22N4O3. The maximum absolute atomic E-state index is 12.5. The summed E-state index contributed by atoms with van der Waals surface area (Å²) in [6.07, 6.45) is 0. The topological polar surface area (TPSA) is 76.9 Å². The zero-order valence-corrected chi connectivity index (χ0v) is 14.2. The smallest absolute Gasteiger partial charge is 0.253 e. The lowest BCUT2D eigenvalue weighted by molar-refractivity contribution is -0.134. The van der Waals surface area contributed by atoms with Gasteiger partial charge in [0.1, 0.15) is 0 Å². The molecule has 0 unspecified atom stereocenters. The lowest BCUT2D eigenvalue weighted by Crippen LogP contribution is -2.53. The molecule has 1 aromatic rings. The van der Waals surface area contributed by atoms with Crippen molar-refractivity contribution in [2.24, 2.45) is 0 Å². The third kappa shape index (κ3) is 4.35. The van der Waals surface area contributed by atoms with Gasteiger partial charge in [-0.25, -0.2) is 0 Å². The van der Waals surface area contributed by atoms with Crippen LogP contribution >= 0.6 is 0 Å². The number of hydrogen-bond acceptors (Lipinski definition) is 5. The average Bonchev–Trinajstić information content (AvgIpc) is 2.68. The van der Waals surface area contributed by atoms with Crippen LogP contribution in [0.25, 0.3) is 0 Å². The number of benzene rings is 1. The molecule has 2 amide bonds. The average molecular weight is 342 g/mol. The first-order chi connectivity index (χ1) is 12.2. The molecule has 7 nitrogen and oxygen atoms in total. The van der Waals surface area contributed by atoms with Gasteiger partial charge in [0.2, 0.25) is 5.91 Å². The SMILES string of the molecule is N#Cc1ccc(C(=O)N2CCN(C(=O)CN3CCOCC3)CC2)cc1. The molecule has 0 N–H and O–H groups in total. The molecule has 2 aliphatic heterocycles. The summed E-state index contributed by atoms with van der Waals surface area (Å²) in [5, 5.41) is 8.82. The Morgan fingerprint density at radius 3 is 2.16 bits per heavy atom. The number of rotatable bonds is 3. The normalized spacial score (nSPS) is 18.7. The Labute approximate surface area is 147 Å². The van der Waals surface area contributed by atoms with Crippen LogP contribution in [0.3, 0.4) is 0 Å². The van der Waals surface area contributed by atoms with E-state index in [-0.39, 0.29) is 11.8 Å². The van der Waals surface area contributed by atoms with Gasteiger partial charge >= 0.3 is 0 Å². The second-order valence-corrected chi connectivity index (χ2v) is 6.25. The highest BCUT2D eigenvalue weighted by Crippen LogP contribution is 2.11. The fraction of sp³-hybridized carbons (Fsp3) is 0.500. The maximum Gasteiger partial charge on any atom is 0.253 e. The van der Waals surface area contributed by atoms with E-state index in [4.69, 9.17) is 10.00 Å². The quantitative estimate of drug-likeness (QED) is 0.783. The van der Waals surface area contributed by atoms with Crippen LogP contribution in [0.5, 0.6) is 0 Å². The van der Waals surface area contributed by atoms with Crippen LogP contribution in [0, 0.1) is 11.3 Å². The zero-order chi connectivity index (χ0) is 17.6. The molecule has 0 radical (unpaired) electrons. The van der Waals surface area contributed by atoms with Gasteiger partial charge in [0.25, 0.3) is 5.91 Å². The fourth-order valence-corrected chi connectivity index (χ4v) is 3.08. The van der Waals surface area contributed by atoms with E-state index in [9.17, 15) is 9.59 Å². The van der Waals surface area contributed by atoms with Crippen molar-refractivity contribution >= 4 is 11.8 Å². The van der Waals surface area contributed by atoms with Gasteiger partial charge in [-0.1, -0.05) is 0 Å². The molecule has 25 heavy (non-hydrogen) atoms. The number of piperazine rings is 1. The summed E-state index contributed by atoms with van der Waals surface area (Å²) >= 11 is 0. The van der Waals surface area contributed by atoms with Crippen molar-refractivity contribution in [3.63, 3.8) is 0 Å². The summed E-state index contributed by atoms with van der Waals surface area (Å²) in [4.78, 5) is 30.6. The Kier molecular flexibility index (Phi) is 5.64. The third-order valence-electron chi connectivity index (χ3n) is 4.64. The summed E-state index contributed by atoms with van der Waals surface area (Å²) in [5.41, 5.74) is 1.11. The van der Waals surface area contributed by atoms with Gasteiger partial charge < -0.3 is 14.5 Å². The number of morpholine rings is 1. The number of hydrogen-bond donors (Lipinski definition) is 0. The monoisotopic (exact) mass is 342 g/mol. The van der Waals surface area contributed by atoms with Crippen molar-refractivity contribution in [1.82, 2.24) is 14.7 Å². The molecular weight excluding hydrogens is 320 g/mol. The minimum atomic E-state index is -0.0511. The molecule has 2 fully saturated rings. The molecule has 132 valence electrons. The number of nitriles is 1. The largest absolute Gasteiger partial charge is 0.379 e. The van der Waals surface area contributed by atoms with E-state index < -0.39 is 0 Å². The van der Waals surface area contributed by atoms with Gasteiger partial charge in [-0.15, -0.1) is 0 Å². The maximum atomic E-state index is 12.5. The van der Waals surface area contributed by atoms with E-state index in [1.165, 1.54) is 0 Å². The summed E-state index contributed by atoms with van der Waals surface area (Å²) in [6.45, 7) is 5.57. The van der Waals surface area contributed by atoms with Crippen LogP contribution in [0.15, 0.2) is 24.3 Å². The molecule has 0 spiro atoms. The molecule has 3 rings (SSSR count). The first-order valence-electron chi connectivity index (χ1n) is 8.54. The van der Waals surface area contributed by atoms with Gasteiger partial charge in [-0.05, 0) is 24.3 Å². The Balaban J connectivity index is 1.49. The summed E-state index contributed by atoms with van der Waals surface area (Å²) in [7, 11) is 0. The van der Waals surface area contributed by atoms with Crippen molar-refractivity contribution in [3.8, 4) is 6.07 Å². The minimum absolute atomic E-state index is 0.0511. The second-order valence-electron chi connectivity index (χ2n) is 6.25. The van der Waals surface area contributed by atoms with Crippen LogP contribution in [0.2, 0.25) is 0 Å². The Hall–Kier alpha value is -2.43. The van der Waals surface area contributed by atoms with E-state index in [0.717, 1.165) is 13.1 Å². The van der Waals surface area contributed by atoms with Crippen molar-refractivity contribution in [1.29, 1.82) is 5.26 Å². The van der Waals surface area contributed by atoms with Gasteiger partial charge in [0, 0.05) is 44.8 Å². The lowest BCUT2D eigenvalue weighted by Gasteiger charge is -2.36. The molecule has 7 heteroatoms. The number of ether oxygens (including phenoxy) is 1. The highest BCUT2D eigenvalue weighted by molar-refractivity contribution is 5.94. The molecule has 0 aromatic heterocycles.